The third-order valence-electron chi connectivity index (χ3n) is 7.47. The van der Waals surface area contributed by atoms with Gasteiger partial charge in [-0.15, -0.1) is 11.8 Å². The summed E-state index contributed by atoms with van der Waals surface area (Å²) in [5, 5.41) is 11.2. The van der Waals surface area contributed by atoms with E-state index in [1.807, 2.05) is 18.2 Å². The maximum Gasteiger partial charge on any atom is 0.310 e. The number of aliphatic hydroxyl groups is 1. The van der Waals surface area contributed by atoms with Crippen molar-refractivity contribution in [1.82, 2.24) is 0 Å². The van der Waals surface area contributed by atoms with Crippen molar-refractivity contribution in [1.29, 1.82) is 0 Å². The average molecular weight is 445 g/mol. The Labute approximate surface area is 190 Å². The van der Waals surface area contributed by atoms with Crippen LogP contribution < -0.4 is 0 Å². The van der Waals surface area contributed by atoms with Gasteiger partial charge in [-0.25, -0.2) is 0 Å². The Morgan fingerprint density at radius 1 is 1.26 bits per heavy atom. The summed E-state index contributed by atoms with van der Waals surface area (Å²) >= 11 is 1.70. The molecule has 1 aliphatic carbocycles. The number of esters is 1. The second kappa shape index (κ2) is 9.68. The van der Waals surface area contributed by atoms with Crippen LogP contribution in [0.4, 0.5) is 0 Å². The Morgan fingerprint density at radius 2 is 2.03 bits per heavy atom. The summed E-state index contributed by atoms with van der Waals surface area (Å²) in [6.45, 7) is 6.47. The van der Waals surface area contributed by atoms with Gasteiger partial charge in [0.1, 0.15) is 6.10 Å². The molecule has 170 valence electrons. The van der Waals surface area contributed by atoms with Crippen LogP contribution in [-0.4, -0.2) is 40.7 Å². The molecule has 7 atom stereocenters. The van der Waals surface area contributed by atoms with Gasteiger partial charge in [-0.2, -0.15) is 0 Å². The number of ether oxygens (including phenoxy) is 2. The molecule has 5 heteroatoms. The summed E-state index contributed by atoms with van der Waals surface area (Å²) in [4.78, 5) is 14.1. The molecule has 3 aliphatic rings. The standard InChI is InChI=1S/C26H36O4S/c1-17-9-7-11-18(2)23(27)24-20(15-22-26(3,30-22)14-8-10-17)21(25(28)29-24)16-31-19-12-5-4-6-13-19/h4-6,10,12-13,18,20-24,27H,7-9,11,14-16H2,1-3H3/b17-10+/t18-,20-,21?,22+,23+,24+,26+/m0/s1. The highest BCUT2D eigenvalue weighted by atomic mass is 32.2. The molecule has 0 spiro atoms. The van der Waals surface area contributed by atoms with Gasteiger partial charge in [-0.3, -0.25) is 4.79 Å². The number of allylic oxidation sites excluding steroid dienone is 2. The van der Waals surface area contributed by atoms with Gasteiger partial charge in [0.25, 0.3) is 0 Å². The van der Waals surface area contributed by atoms with Gasteiger partial charge in [-0.05, 0) is 70.4 Å². The Hall–Kier alpha value is -1.30. The van der Waals surface area contributed by atoms with E-state index >= 15 is 0 Å². The quantitative estimate of drug-likeness (QED) is 0.293. The van der Waals surface area contributed by atoms with Gasteiger partial charge < -0.3 is 14.6 Å². The van der Waals surface area contributed by atoms with E-state index in [1.54, 1.807) is 11.8 Å². The minimum Gasteiger partial charge on any atom is -0.459 e. The van der Waals surface area contributed by atoms with Crippen LogP contribution in [0, 0.1) is 17.8 Å². The Morgan fingerprint density at radius 3 is 2.81 bits per heavy atom. The van der Waals surface area contributed by atoms with Crippen molar-refractivity contribution >= 4 is 17.7 Å². The summed E-state index contributed by atoms with van der Waals surface area (Å²) < 4.78 is 12.0. The van der Waals surface area contributed by atoms with E-state index in [9.17, 15) is 9.90 Å². The maximum absolute atomic E-state index is 12.9. The minimum atomic E-state index is -0.627. The summed E-state index contributed by atoms with van der Waals surface area (Å²) in [6.07, 6.45) is 7.29. The normalized spacial score (nSPS) is 40.6. The van der Waals surface area contributed by atoms with Crippen molar-refractivity contribution in [2.24, 2.45) is 17.8 Å². The number of hydrogen-bond donors (Lipinski definition) is 1. The topological polar surface area (TPSA) is 59.1 Å². The molecule has 0 saturated carbocycles. The molecule has 1 unspecified atom stereocenters. The zero-order valence-corrected chi connectivity index (χ0v) is 19.8. The summed E-state index contributed by atoms with van der Waals surface area (Å²) in [5.74, 6) is 0.405. The van der Waals surface area contributed by atoms with E-state index in [0.717, 1.165) is 43.4 Å². The fourth-order valence-corrected chi connectivity index (χ4v) is 6.29. The van der Waals surface area contributed by atoms with Gasteiger partial charge in [0.05, 0.1) is 23.7 Å². The Balaban J connectivity index is 1.52. The predicted molar refractivity (Wildman–Crippen MR) is 124 cm³/mol. The molecule has 2 fully saturated rings. The molecule has 4 rings (SSSR count). The molecule has 0 radical (unpaired) electrons. The summed E-state index contributed by atoms with van der Waals surface area (Å²) in [5.41, 5.74) is 1.30. The van der Waals surface area contributed by atoms with E-state index in [2.05, 4.69) is 39.0 Å². The van der Waals surface area contributed by atoms with Gasteiger partial charge in [0, 0.05) is 16.6 Å². The second-order valence-electron chi connectivity index (χ2n) is 9.90. The number of benzene rings is 1. The van der Waals surface area contributed by atoms with Crippen LogP contribution in [0.2, 0.25) is 0 Å². The van der Waals surface area contributed by atoms with Crippen LogP contribution in [0.1, 0.15) is 59.3 Å². The molecule has 1 aromatic carbocycles. The van der Waals surface area contributed by atoms with Gasteiger partial charge in [0.2, 0.25) is 0 Å². The van der Waals surface area contributed by atoms with E-state index in [0.29, 0.717) is 5.75 Å². The van der Waals surface area contributed by atoms with Crippen molar-refractivity contribution in [2.45, 2.75) is 88.1 Å². The number of carbonyl (C=O) groups is 1. The largest absolute Gasteiger partial charge is 0.459 e. The summed E-state index contributed by atoms with van der Waals surface area (Å²) in [7, 11) is 0. The molecule has 31 heavy (non-hydrogen) atoms. The first kappa shape index (κ1) is 22.9. The van der Waals surface area contributed by atoms with Crippen molar-refractivity contribution < 1.29 is 19.4 Å². The zero-order chi connectivity index (χ0) is 22.0. The molecule has 1 N–H and O–H groups in total. The molecule has 0 aromatic heterocycles. The Bertz CT molecular complexity index is 794. The zero-order valence-electron chi connectivity index (χ0n) is 19.0. The van der Waals surface area contributed by atoms with Gasteiger partial charge in [-0.1, -0.05) is 36.8 Å². The third kappa shape index (κ3) is 5.37. The van der Waals surface area contributed by atoms with Gasteiger partial charge in [0.15, 0.2) is 0 Å². The molecule has 2 saturated heterocycles. The number of carbonyl (C=O) groups excluding carboxylic acids is 1. The minimum absolute atomic E-state index is 0.00629. The maximum atomic E-state index is 12.9. The van der Waals surface area contributed by atoms with E-state index in [4.69, 9.17) is 9.47 Å². The van der Waals surface area contributed by atoms with Crippen LogP contribution in [0.3, 0.4) is 0 Å². The van der Waals surface area contributed by atoms with Crippen LogP contribution >= 0.6 is 11.8 Å². The van der Waals surface area contributed by atoms with Crippen molar-refractivity contribution in [3.05, 3.63) is 42.0 Å². The van der Waals surface area contributed by atoms with Crippen molar-refractivity contribution in [3.8, 4) is 0 Å². The fourth-order valence-electron chi connectivity index (χ4n) is 5.19. The number of rotatable bonds is 3. The lowest BCUT2D eigenvalue weighted by atomic mass is 9.79. The molecule has 1 aromatic rings. The number of epoxide rings is 1. The fraction of sp³-hybridized carbons (Fsp3) is 0.654. The average Bonchev–Trinajstić information content (AvgIpc) is 3.28. The predicted octanol–water partition coefficient (Wildman–Crippen LogP) is 5.39. The van der Waals surface area contributed by atoms with Crippen LogP contribution in [-0.2, 0) is 14.3 Å². The SMILES string of the molecule is C/C1=C\CC[C@@]2(C)O[C@@H]2C[C@H]2C(CSc3ccccc3)C(=O)O[C@H]2[C@H](O)[C@@H](C)CCC1. The first-order valence-corrected chi connectivity index (χ1v) is 12.8. The van der Waals surface area contributed by atoms with Crippen LogP contribution in [0.5, 0.6) is 0 Å². The molecule has 2 heterocycles. The van der Waals surface area contributed by atoms with E-state index < -0.39 is 12.2 Å². The molecular weight excluding hydrogens is 408 g/mol. The molecule has 2 aliphatic heterocycles. The lowest BCUT2D eigenvalue weighted by molar-refractivity contribution is -0.149. The molecule has 4 nitrogen and oxygen atoms in total. The lowest BCUT2D eigenvalue weighted by Gasteiger charge is -2.29. The van der Waals surface area contributed by atoms with Crippen LogP contribution in [0.25, 0.3) is 0 Å². The smallest absolute Gasteiger partial charge is 0.310 e. The highest BCUT2D eigenvalue weighted by Gasteiger charge is 2.57. The molecule has 0 amide bonds. The first-order valence-electron chi connectivity index (χ1n) is 11.8. The first-order chi connectivity index (χ1) is 14.9. The van der Waals surface area contributed by atoms with Crippen molar-refractivity contribution in [3.63, 3.8) is 0 Å². The Kier molecular flexibility index (Phi) is 7.14. The van der Waals surface area contributed by atoms with Crippen LogP contribution in [0.15, 0.2) is 46.9 Å². The summed E-state index contributed by atoms with van der Waals surface area (Å²) in [6, 6.07) is 10.2. The number of aliphatic hydroxyl groups excluding tert-OH is 1. The second-order valence-corrected chi connectivity index (χ2v) is 11.0. The van der Waals surface area contributed by atoms with Gasteiger partial charge >= 0.3 is 5.97 Å². The number of hydrogen-bond acceptors (Lipinski definition) is 5. The number of thioether (sulfide) groups is 1. The lowest BCUT2D eigenvalue weighted by Crippen LogP contribution is -2.38. The highest BCUT2D eigenvalue weighted by Crippen LogP contribution is 2.48. The monoisotopic (exact) mass is 444 g/mol. The molecule has 0 bridgehead atoms. The van der Waals surface area contributed by atoms with Crippen molar-refractivity contribution in [2.75, 3.05) is 5.75 Å². The number of fused-ring (bicyclic) bond motifs is 2. The van der Waals surface area contributed by atoms with E-state index in [-0.39, 0.29) is 35.4 Å². The molecular formula is C26H36O4S. The third-order valence-corrected chi connectivity index (χ3v) is 8.60. The highest BCUT2D eigenvalue weighted by molar-refractivity contribution is 7.99. The van der Waals surface area contributed by atoms with E-state index in [1.165, 1.54) is 5.57 Å².